The van der Waals surface area contributed by atoms with E-state index in [1.807, 2.05) is 0 Å². The monoisotopic (exact) mass is 217 g/mol. The zero-order chi connectivity index (χ0) is 11.6. The van der Waals surface area contributed by atoms with Crippen molar-refractivity contribution in [3.05, 3.63) is 34.9 Å². The summed E-state index contributed by atoms with van der Waals surface area (Å²) < 4.78 is 0. The molecular formula is C9H6LiO6. The van der Waals surface area contributed by atoms with Gasteiger partial charge in [-0.15, -0.1) is 0 Å². The molecule has 0 bridgehead atoms. The van der Waals surface area contributed by atoms with Gasteiger partial charge in [-0.3, -0.25) is 0 Å². The van der Waals surface area contributed by atoms with Gasteiger partial charge in [0.1, 0.15) is 0 Å². The average Bonchev–Trinajstić information content (AvgIpc) is 2.16. The number of carbonyl (C=O) groups is 3. The van der Waals surface area contributed by atoms with Crippen LogP contribution in [0.5, 0.6) is 0 Å². The Morgan fingerprint density at radius 3 is 1.44 bits per heavy atom. The zero-order valence-electron chi connectivity index (χ0n) is 8.30. The van der Waals surface area contributed by atoms with Crippen molar-refractivity contribution in [2.45, 2.75) is 0 Å². The summed E-state index contributed by atoms with van der Waals surface area (Å²) in [6.45, 7) is 0. The number of carboxylic acid groups (broad SMARTS) is 3. The fourth-order valence-electron chi connectivity index (χ4n) is 1.14. The number of rotatable bonds is 3. The molecule has 16 heavy (non-hydrogen) atoms. The minimum absolute atomic E-state index is 0. The zero-order valence-corrected chi connectivity index (χ0v) is 8.30. The molecule has 0 aromatic heterocycles. The van der Waals surface area contributed by atoms with E-state index < -0.39 is 34.6 Å². The third-order valence-corrected chi connectivity index (χ3v) is 1.74. The quantitative estimate of drug-likeness (QED) is 0.631. The molecule has 0 saturated heterocycles. The second-order valence-electron chi connectivity index (χ2n) is 2.64. The minimum atomic E-state index is -1.58. The third-order valence-electron chi connectivity index (χ3n) is 1.74. The van der Waals surface area contributed by atoms with Gasteiger partial charge in [-0.1, -0.05) is 6.07 Å². The van der Waals surface area contributed by atoms with E-state index >= 15 is 0 Å². The molecule has 0 heterocycles. The van der Waals surface area contributed by atoms with Crippen molar-refractivity contribution in [2.75, 3.05) is 0 Å². The summed E-state index contributed by atoms with van der Waals surface area (Å²) in [5.74, 6) is -4.53. The van der Waals surface area contributed by atoms with Gasteiger partial charge in [-0.25, -0.2) is 14.4 Å². The number of carboxylic acids is 3. The molecule has 0 atom stereocenters. The molecule has 0 fully saturated rings. The number of benzene rings is 1. The maximum atomic E-state index is 10.7. The SMILES string of the molecule is O=C(O)c1cccc(C(=O)O)c1C(=O)O.[Li]. The normalized spacial score (nSPS) is 9.00. The van der Waals surface area contributed by atoms with Gasteiger partial charge in [-0.05, 0) is 12.1 Å². The van der Waals surface area contributed by atoms with E-state index in [1.54, 1.807) is 0 Å². The first-order valence-electron chi connectivity index (χ1n) is 3.78. The van der Waals surface area contributed by atoms with Crippen molar-refractivity contribution in [3.8, 4) is 0 Å². The molecule has 79 valence electrons. The Hall–Kier alpha value is -1.77. The van der Waals surface area contributed by atoms with Crippen LogP contribution >= 0.6 is 0 Å². The first-order chi connectivity index (χ1) is 6.95. The molecule has 7 heteroatoms. The van der Waals surface area contributed by atoms with Crippen molar-refractivity contribution in [1.29, 1.82) is 0 Å². The van der Waals surface area contributed by atoms with Crippen LogP contribution in [0.3, 0.4) is 0 Å². The minimum Gasteiger partial charge on any atom is -0.478 e. The molecule has 1 aromatic carbocycles. The molecule has 1 aromatic rings. The molecule has 0 spiro atoms. The topological polar surface area (TPSA) is 112 Å². The molecular weight excluding hydrogens is 211 g/mol. The molecule has 0 aliphatic heterocycles. The predicted molar refractivity (Wildman–Crippen MR) is 53.1 cm³/mol. The number of hydrogen-bond donors (Lipinski definition) is 3. The van der Waals surface area contributed by atoms with Gasteiger partial charge < -0.3 is 15.3 Å². The van der Waals surface area contributed by atoms with E-state index in [0.29, 0.717) is 0 Å². The molecule has 0 saturated carbocycles. The maximum Gasteiger partial charge on any atom is 0.337 e. The Bertz CT molecular complexity index is 421. The van der Waals surface area contributed by atoms with E-state index in [0.717, 1.165) is 12.1 Å². The molecule has 0 aliphatic rings. The van der Waals surface area contributed by atoms with Gasteiger partial charge in [0.25, 0.3) is 0 Å². The van der Waals surface area contributed by atoms with E-state index in [2.05, 4.69) is 0 Å². The van der Waals surface area contributed by atoms with Crippen LogP contribution in [-0.4, -0.2) is 52.1 Å². The summed E-state index contributed by atoms with van der Waals surface area (Å²) in [5.41, 5.74) is -1.79. The Labute approximate surface area is 102 Å². The second-order valence-corrected chi connectivity index (χ2v) is 2.64. The number of hydrogen-bond acceptors (Lipinski definition) is 3. The van der Waals surface area contributed by atoms with Gasteiger partial charge in [-0.2, -0.15) is 0 Å². The molecule has 1 rings (SSSR count). The van der Waals surface area contributed by atoms with Crippen molar-refractivity contribution in [2.24, 2.45) is 0 Å². The molecule has 1 radical (unpaired) electrons. The average molecular weight is 217 g/mol. The van der Waals surface area contributed by atoms with E-state index in [9.17, 15) is 14.4 Å². The van der Waals surface area contributed by atoms with Crippen molar-refractivity contribution >= 4 is 36.8 Å². The Balaban J connectivity index is 0.00000225. The molecule has 0 aliphatic carbocycles. The van der Waals surface area contributed by atoms with Crippen LogP contribution in [0.25, 0.3) is 0 Å². The molecule has 3 N–H and O–H groups in total. The molecule has 0 amide bonds. The van der Waals surface area contributed by atoms with Gasteiger partial charge in [0.05, 0.1) is 16.7 Å². The molecule has 0 unspecified atom stereocenters. The second kappa shape index (κ2) is 5.35. The van der Waals surface area contributed by atoms with Crippen LogP contribution in [-0.2, 0) is 0 Å². The van der Waals surface area contributed by atoms with E-state index in [1.165, 1.54) is 6.07 Å². The summed E-state index contributed by atoms with van der Waals surface area (Å²) in [4.78, 5) is 32.0. The van der Waals surface area contributed by atoms with Crippen LogP contribution in [0.1, 0.15) is 31.1 Å². The number of aromatic carboxylic acids is 3. The predicted octanol–water partition coefficient (Wildman–Crippen LogP) is 0.400. The molecule has 6 nitrogen and oxygen atoms in total. The fourth-order valence-corrected chi connectivity index (χ4v) is 1.14. The first-order valence-corrected chi connectivity index (χ1v) is 3.78. The van der Waals surface area contributed by atoms with E-state index in [-0.39, 0.29) is 18.9 Å². The van der Waals surface area contributed by atoms with Crippen LogP contribution in [0.4, 0.5) is 0 Å². The van der Waals surface area contributed by atoms with Gasteiger partial charge in [0, 0.05) is 18.9 Å². The first kappa shape index (κ1) is 14.2. The maximum absolute atomic E-state index is 10.7. The van der Waals surface area contributed by atoms with Crippen molar-refractivity contribution in [3.63, 3.8) is 0 Å². The summed E-state index contributed by atoms with van der Waals surface area (Å²) in [6, 6.07) is 3.26. The van der Waals surface area contributed by atoms with Crippen molar-refractivity contribution in [1.82, 2.24) is 0 Å². The summed E-state index contributed by atoms with van der Waals surface area (Å²) >= 11 is 0. The van der Waals surface area contributed by atoms with Crippen LogP contribution in [0, 0.1) is 0 Å². The Morgan fingerprint density at radius 2 is 1.19 bits per heavy atom. The van der Waals surface area contributed by atoms with Crippen molar-refractivity contribution < 1.29 is 29.7 Å². The standard InChI is InChI=1S/C9H6O6.Li/c10-7(11)4-2-1-3-5(8(12)13)6(4)9(14)15;/h1-3H,(H,10,11)(H,12,13)(H,14,15);. The third kappa shape index (κ3) is 2.63. The Morgan fingerprint density at radius 1 is 0.812 bits per heavy atom. The smallest absolute Gasteiger partial charge is 0.337 e. The van der Waals surface area contributed by atoms with Crippen LogP contribution in [0.2, 0.25) is 0 Å². The summed E-state index contributed by atoms with van der Waals surface area (Å²) in [5, 5.41) is 26.0. The van der Waals surface area contributed by atoms with Gasteiger partial charge >= 0.3 is 17.9 Å². The fraction of sp³-hybridized carbons (Fsp3) is 0. The Kier molecular flexibility index (Phi) is 4.76. The summed E-state index contributed by atoms with van der Waals surface area (Å²) in [7, 11) is 0. The summed E-state index contributed by atoms with van der Waals surface area (Å²) in [6.07, 6.45) is 0. The van der Waals surface area contributed by atoms with Gasteiger partial charge in [0.15, 0.2) is 0 Å². The van der Waals surface area contributed by atoms with Crippen LogP contribution < -0.4 is 0 Å². The largest absolute Gasteiger partial charge is 0.478 e. The van der Waals surface area contributed by atoms with Crippen LogP contribution in [0.15, 0.2) is 18.2 Å². The van der Waals surface area contributed by atoms with E-state index in [4.69, 9.17) is 15.3 Å². The van der Waals surface area contributed by atoms with Gasteiger partial charge in [0.2, 0.25) is 0 Å².